The van der Waals surface area contributed by atoms with Crippen molar-refractivity contribution in [2.24, 2.45) is 17.8 Å². The molecule has 4 heteroatoms. The molecule has 2 aliphatic heterocycles. The maximum absolute atomic E-state index is 12.9. The molecule has 2 unspecified atom stereocenters. The number of aryl methyl sites for hydroxylation is 1. The summed E-state index contributed by atoms with van der Waals surface area (Å²) in [5, 5.41) is 3.45. The Morgan fingerprint density at radius 3 is 2.68 bits per heavy atom. The summed E-state index contributed by atoms with van der Waals surface area (Å²) in [6.07, 6.45) is 3.44. The minimum absolute atomic E-state index is 0. The number of carbonyl (C=O) groups excluding carboxylic acids is 1. The number of likely N-dealkylation sites (tertiary alicyclic amines) is 1. The highest BCUT2D eigenvalue weighted by Crippen LogP contribution is 2.62. The van der Waals surface area contributed by atoms with E-state index >= 15 is 0 Å². The lowest BCUT2D eigenvalue weighted by molar-refractivity contribution is -0.132. The van der Waals surface area contributed by atoms with Crippen molar-refractivity contribution in [2.45, 2.75) is 24.7 Å². The Balaban J connectivity index is 0.00000125. The van der Waals surface area contributed by atoms with E-state index in [1.807, 2.05) is 0 Å². The standard InChI is InChI=1S/C18H22N2O.ClH/c21-17(20-10-13-8-19-9-14(13)11-20)16-7-18(16)6-5-12-3-1-2-4-15(12)18;/h1-4,13-14,16,19H,5-11H2;1H/t13-,14+,16?,18?;. The smallest absolute Gasteiger partial charge is 0.226 e. The number of nitrogens with zero attached hydrogens (tertiary/aromatic N) is 1. The van der Waals surface area contributed by atoms with E-state index in [0.29, 0.717) is 17.7 Å². The third-order valence-corrected chi connectivity index (χ3v) is 6.47. The predicted octanol–water partition coefficient (Wildman–Crippen LogP) is 1.99. The molecule has 118 valence electrons. The van der Waals surface area contributed by atoms with E-state index in [1.54, 1.807) is 0 Å². The number of carbonyl (C=O) groups is 1. The average molecular weight is 319 g/mol. The van der Waals surface area contributed by atoms with Gasteiger partial charge in [-0.1, -0.05) is 24.3 Å². The van der Waals surface area contributed by atoms with Crippen LogP contribution in [0.2, 0.25) is 0 Å². The number of hydrogen-bond donors (Lipinski definition) is 1. The van der Waals surface area contributed by atoms with E-state index in [4.69, 9.17) is 0 Å². The molecular formula is C18H23ClN2O. The van der Waals surface area contributed by atoms with E-state index < -0.39 is 0 Å². The van der Waals surface area contributed by atoms with Crippen molar-refractivity contribution >= 4 is 18.3 Å². The first kappa shape index (κ1) is 14.5. The van der Waals surface area contributed by atoms with Gasteiger partial charge in [-0.3, -0.25) is 4.79 Å². The molecule has 5 rings (SSSR count). The minimum Gasteiger partial charge on any atom is -0.342 e. The zero-order valence-electron chi connectivity index (χ0n) is 12.8. The Morgan fingerprint density at radius 1 is 1.18 bits per heavy atom. The van der Waals surface area contributed by atoms with Gasteiger partial charge in [-0.15, -0.1) is 12.4 Å². The normalized spacial score (nSPS) is 37.8. The van der Waals surface area contributed by atoms with Crippen LogP contribution in [-0.2, 0) is 16.6 Å². The quantitative estimate of drug-likeness (QED) is 0.859. The van der Waals surface area contributed by atoms with Crippen molar-refractivity contribution in [3.63, 3.8) is 0 Å². The van der Waals surface area contributed by atoms with Crippen molar-refractivity contribution < 1.29 is 4.79 Å². The van der Waals surface area contributed by atoms with Crippen molar-refractivity contribution in [1.29, 1.82) is 0 Å². The highest BCUT2D eigenvalue weighted by molar-refractivity contribution is 5.85. The van der Waals surface area contributed by atoms with Crippen molar-refractivity contribution in [2.75, 3.05) is 26.2 Å². The summed E-state index contributed by atoms with van der Waals surface area (Å²) in [7, 11) is 0. The van der Waals surface area contributed by atoms with E-state index in [1.165, 1.54) is 17.5 Å². The summed E-state index contributed by atoms with van der Waals surface area (Å²) in [6.45, 7) is 4.19. The molecule has 1 aromatic carbocycles. The van der Waals surface area contributed by atoms with Crippen LogP contribution in [0.1, 0.15) is 24.0 Å². The van der Waals surface area contributed by atoms with Gasteiger partial charge in [-0.05, 0) is 42.2 Å². The molecule has 1 amide bonds. The molecule has 2 saturated heterocycles. The van der Waals surface area contributed by atoms with Crippen molar-refractivity contribution in [3.8, 4) is 0 Å². The monoisotopic (exact) mass is 318 g/mol. The van der Waals surface area contributed by atoms with Crippen LogP contribution in [-0.4, -0.2) is 37.0 Å². The van der Waals surface area contributed by atoms with Crippen LogP contribution < -0.4 is 5.32 Å². The summed E-state index contributed by atoms with van der Waals surface area (Å²) in [6, 6.07) is 8.78. The fraction of sp³-hybridized carbons (Fsp3) is 0.611. The van der Waals surface area contributed by atoms with Gasteiger partial charge in [0.15, 0.2) is 0 Å². The molecule has 1 N–H and O–H groups in total. The van der Waals surface area contributed by atoms with Gasteiger partial charge in [-0.25, -0.2) is 0 Å². The summed E-state index contributed by atoms with van der Waals surface area (Å²) >= 11 is 0. The third-order valence-electron chi connectivity index (χ3n) is 6.47. The largest absolute Gasteiger partial charge is 0.342 e. The highest BCUT2D eigenvalue weighted by Gasteiger charge is 2.62. The second kappa shape index (κ2) is 4.97. The molecule has 1 saturated carbocycles. The molecule has 2 heterocycles. The highest BCUT2D eigenvalue weighted by atomic mass is 35.5. The molecule has 3 nitrogen and oxygen atoms in total. The van der Waals surface area contributed by atoms with Gasteiger partial charge in [0.25, 0.3) is 0 Å². The zero-order chi connectivity index (χ0) is 14.0. The van der Waals surface area contributed by atoms with Gasteiger partial charge in [-0.2, -0.15) is 0 Å². The number of fused-ring (bicyclic) bond motifs is 3. The van der Waals surface area contributed by atoms with Gasteiger partial charge < -0.3 is 10.2 Å². The lowest BCUT2D eigenvalue weighted by Gasteiger charge is -2.20. The lowest BCUT2D eigenvalue weighted by atomic mass is 9.95. The Morgan fingerprint density at radius 2 is 1.91 bits per heavy atom. The fourth-order valence-electron chi connectivity index (χ4n) is 5.18. The lowest BCUT2D eigenvalue weighted by Crippen LogP contribution is -2.34. The van der Waals surface area contributed by atoms with Gasteiger partial charge in [0.2, 0.25) is 5.91 Å². The summed E-state index contributed by atoms with van der Waals surface area (Å²) < 4.78 is 0. The maximum atomic E-state index is 12.9. The molecule has 2 aliphatic carbocycles. The Hall–Kier alpha value is -1.06. The zero-order valence-corrected chi connectivity index (χ0v) is 13.6. The number of benzene rings is 1. The topological polar surface area (TPSA) is 32.3 Å². The summed E-state index contributed by atoms with van der Waals surface area (Å²) in [5.41, 5.74) is 3.17. The minimum atomic E-state index is 0. The van der Waals surface area contributed by atoms with Gasteiger partial charge in [0, 0.05) is 37.5 Å². The Labute approximate surface area is 137 Å². The number of nitrogens with one attached hydrogen (secondary N) is 1. The van der Waals surface area contributed by atoms with Gasteiger partial charge in [0.05, 0.1) is 0 Å². The molecule has 22 heavy (non-hydrogen) atoms. The number of hydrogen-bond acceptors (Lipinski definition) is 2. The number of halogens is 1. The third kappa shape index (κ3) is 1.88. The van der Waals surface area contributed by atoms with Crippen LogP contribution in [0.4, 0.5) is 0 Å². The second-order valence-corrected chi connectivity index (χ2v) is 7.49. The predicted molar refractivity (Wildman–Crippen MR) is 88.2 cm³/mol. The molecule has 4 aliphatic rings. The summed E-state index contributed by atoms with van der Waals surface area (Å²) in [5.74, 6) is 2.13. The molecule has 4 atom stereocenters. The van der Waals surface area contributed by atoms with E-state index in [9.17, 15) is 4.79 Å². The molecule has 0 bridgehead atoms. The van der Waals surface area contributed by atoms with E-state index in [2.05, 4.69) is 34.5 Å². The van der Waals surface area contributed by atoms with Crippen molar-refractivity contribution in [3.05, 3.63) is 35.4 Å². The fourth-order valence-corrected chi connectivity index (χ4v) is 5.18. The molecule has 0 radical (unpaired) electrons. The molecule has 1 spiro atoms. The van der Waals surface area contributed by atoms with Crippen LogP contribution >= 0.6 is 12.4 Å². The van der Waals surface area contributed by atoms with Gasteiger partial charge in [0.1, 0.15) is 0 Å². The van der Waals surface area contributed by atoms with Crippen LogP contribution in [0.25, 0.3) is 0 Å². The van der Waals surface area contributed by atoms with Crippen LogP contribution in [0.15, 0.2) is 24.3 Å². The second-order valence-electron chi connectivity index (χ2n) is 7.49. The number of rotatable bonds is 1. The Kier molecular flexibility index (Phi) is 3.28. The molecule has 1 aromatic rings. The molecule has 3 fully saturated rings. The SMILES string of the molecule is Cl.O=C(C1CC12CCc1ccccc12)N1C[C@H]2CNC[C@H]2C1. The van der Waals surface area contributed by atoms with Gasteiger partial charge >= 0.3 is 0 Å². The molecular weight excluding hydrogens is 296 g/mol. The van der Waals surface area contributed by atoms with Crippen molar-refractivity contribution in [1.82, 2.24) is 10.2 Å². The summed E-state index contributed by atoms with van der Waals surface area (Å²) in [4.78, 5) is 15.1. The maximum Gasteiger partial charge on any atom is 0.226 e. The first-order valence-corrected chi connectivity index (χ1v) is 8.36. The number of amides is 1. The molecule has 0 aromatic heterocycles. The van der Waals surface area contributed by atoms with Crippen LogP contribution in [0, 0.1) is 17.8 Å². The van der Waals surface area contributed by atoms with Crippen LogP contribution in [0.5, 0.6) is 0 Å². The average Bonchev–Trinajstić information content (AvgIpc) is 2.80. The first-order valence-electron chi connectivity index (χ1n) is 8.36. The van der Waals surface area contributed by atoms with E-state index in [-0.39, 0.29) is 23.7 Å². The first-order chi connectivity index (χ1) is 10.3. The Bertz CT molecular complexity index is 607. The van der Waals surface area contributed by atoms with E-state index in [0.717, 1.165) is 39.0 Å². The van der Waals surface area contributed by atoms with Crippen LogP contribution in [0.3, 0.4) is 0 Å².